The van der Waals surface area contributed by atoms with Crippen molar-refractivity contribution in [3.8, 4) is 5.75 Å². The summed E-state index contributed by atoms with van der Waals surface area (Å²) in [7, 11) is -4.25. The summed E-state index contributed by atoms with van der Waals surface area (Å²) in [6.07, 6.45) is 1.14. The minimum atomic E-state index is -4.25. The predicted molar refractivity (Wildman–Crippen MR) is 137 cm³/mol. The van der Waals surface area contributed by atoms with Crippen LogP contribution in [-0.4, -0.2) is 26.3 Å². The summed E-state index contributed by atoms with van der Waals surface area (Å²) in [6.45, 7) is 0. The van der Waals surface area contributed by atoms with Gasteiger partial charge in [0, 0.05) is 10.0 Å². The molecule has 1 aliphatic rings. The highest BCUT2D eigenvalue weighted by Crippen LogP contribution is 2.37. The Morgan fingerprint density at radius 1 is 0.943 bits per heavy atom. The lowest BCUT2D eigenvalue weighted by Gasteiger charge is -2.27. The van der Waals surface area contributed by atoms with E-state index in [-0.39, 0.29) is 31.4 Å². The van der Waals surface area contributed by atoms with Crippen LogP contribution in [0.15, 0.2) is 86.1 Å². The highest BCUT2D eigenvalue weighted by Gasteiger charge is 2.38. The first-order chi connectivity index (χ1) is 16.6. The van der Waals surface area contributed by atoms with Crippen LogP contribution in [-0.2, 0) is 19.7 Å². The third-order valence-corrected chi connectivity index (χ3v) is 7.36. The number of imide groups is 2. The Labute approximate surface area is 221 Å². The quantitative estimate of drug-likeness (QED) is 0.230. The third-order valence-electron chi connectivity index (χ3n) is 4.76. The van der Waals surface area contributed by atoms with Crippen LogP contribution in [0.5, 0.6) is 5.75 Å². The monoisotopic (exact) mass is 638 g/mol. The number of carbonyl (C=O) groups is 3. The molecule has 12 heteroatoms. The van der Waals surface area contributed by atoms with Gasteiger partial charge in [0.2, 0.25) is 0 Å². The van der Waals surface area contributed by atoms with Crippen LogP contribution in [0.2, 0.25) is 5.02 Å². The van der Waals surface area contributed by atoms with E-state index in [1.807, 2.05) is 0 Å². The van der Waals surface area contributed by atoms with Gasteiger partial charge in [-0.3, -0.25) is 14.9 Å². The van der Waals surface area contributed by atoms with E-state index in [2.05, 4.69) is 37.2 Å². The van der Waals surface area contributed by atoms with E-state index in [9.17, 15) is 22.8 Å². The molecule has 0 atom stereocenters. The van der Waals surface area contributed by atoms with Crippen molar-refractivity contribution in [3.05, 3.63) is 91.8 Å². The summed E-state index contributed by atoms with van der Waals surface area (Å²) >= 11 is 12.7. The van der Waals surface area contributed by atoms with Crippen LogP contribution in [0, 0.1) is 0 Å². The Balaban J connectivity index is 1.81. The van der Waals surface area contributed by atoms with Crippen molar-refractivity contribution in [2.75, 3.05) is 4.90 Å². The maximum atomic E-state index is 13.2. The number of nitrogens with one attached hydrogen (secondary N) is 1. The molecule has 1 heterocycles. The molecule has 0 radical (unpaired) electrons. The highest BCUT2D eigenvalue weighted by molar-refractivity contribution is 9.11. The molecule has 0 unspecified atom stereocenters. The summed E-state index contributed by atoms with van der Waals surface area (Å²) in [6, 6.07) is 15.6. The zero-order chi connectivity index (χ0) is 25.3. The number of para-hydroxylation sites is 1. The minimum Gasteiger partial charge on any atom is -0.377 e. The summed E-state index contributed by atoms with van der Waals surface area (Å²) in [4.78, 5) is 38.9. The molecule has 0 spiro atoms. The molecule has 1 fully saturated rings. The van der Waals surface area contributed by atoms with E-state index in [1.54, 1.807) is 36.4 Å². The van der Waals surface area contributed by atoms with Crippen molar-refractivity contribution in [1.29, 1.82) is 0 Å². The van der Waals surface area contributed by atoms with Gasteiger partial charge in [0.15, 0.2) is 5.75 Å². The molecular formula is C23H13Br2ClN2O6S. The Hall–Kier alpha value is -2.99. The van der Waals surface area contributed by atoms with Gasteiger partial charge in [0.05, 0.1) is 15.2 Å². The van der Waals surface area contributed by atoms with Gasteiger partial charge in [0.1, 0.15) is 10.5 Å². The normalized spacial score (nSPS) is 15.3. The van der Waals surface area contributed by atoms with Crippen LogP contribution in [0.4, 0.5) is 10.5 Å². The van der Waals surface area contributed by atoms with Crippen molar-refractivity contribution in [1.82, 2.24) is 5.32 Å². The van der Waals surface area contributed by atoms with E-state index < -0.39 is 33.5 Å². The van der Waals surface area contributed by atoms with Gasteiger partial charge >= 0.3 is 16.1 Å². The van der Waals surface area contributed by atoms with Crippen molar-refractivity contribution in [2.24, 2.45) is 0 Å². The molecule has 1 aliphatic heterocycles. The first-order valence-corrected chi connectivity index (χ1v) is 13.1. The molecule has 4 rings (SSSR count). The Morgan fingerprint density at radius 3 is 2.29 bits per heavy atom. The lowest BCUT2D eigenvalue weighted by molar-refractivity contribution is -0.122. The van der Waals surface area contributed by atoms with Crippen molar-refractivity contribution < 1.29 is 27.0 Å². The maximum Gasteiger partial charge on any atom is 0.339 e. The average Bonchev–Trinajstić information content (AvgIpc) is 2.80. The molecule has 0 saturated carbocycles. The SMILES string of the molecule is O=C1NC(=O)N(c2ccccc2Cl)C(=O)/C1=C/c1cc(Br)cc(Br)c1OS(=O)(=O)c1ccccc1. The number of amides is 4. The first kappa shape index (κ1) is 25.1. The lowest BCUT2D eigenvalue weighted by atomic mass is 10.1. The molecule has 178 valence electrons. The van der Waals surface area contributed by atoms with Gasteiger partial charge in [-0.15, -0.1) is 0 Å². The molecule has 3 aromatic carbocycles. The molecule has 0 bridgehead atoms. The maximum absolute atomic E-state index is 13.2. The van der Waals surface area contributed by atoms with Gasteiger partial charge < -0.3 is 4.18 Å². The van der Waals surface area contributed by atoms with Crippen LogP contribution < -0.4 is 14.4 Å². The number of barbiturate groups is 1. The molecule has 8 nitrogen and oxygen atoms in total. The minimum absolute atomic E-state index is 0.0774. The number of carbonyl (C=O) groups excluding carboxylic acids is 3. The van der Waals surface area contributed by atoms with Gasteiger partial charge in [0.25, 0.3) is 11.8 Å². The number of nitrogens with zero attached hydrogens (tertiary/aromatic N) is 1. The Morgan fingerprint density at radius 2 is 1.60 bits per heavy atom. The number of halogens is 3. The van der Waals surface area contributed by atoms with Crippen molar-refractivity contribution in [2.45, 2.75) is 4.90 Å². The summed E-state index contributed by atoms with van der Waals surface area (Å²) in [5.41, 5.74) is -0.275. The Bertz CT molecular complexity index is 1510. The first-order valence-electron chi connectivity index (χ1n) is 9.73. The molecule has 1 saturated heterocycles. The number of benzene rings is 3. The van der Waals surface area contributed by atoms with Gasteiger partial charge in [-0.05, 0) is 58.4 Å². The third kappa shape index (κ3) is 5.18. The number of hydrogen-bond acceptors (Lipinski definition) is 6. The van der Waals surface area contributed by atoms with E-state index in [0.29, 0.717) is 4.47 Å². The average molecular weight is 641 g/mol. The highest BCUT2D eigenvalue weighted by atomic mass is 79.9. The lowest BCUT2D eigenvalue weighted by Crippen LogP contribution is -2.54. The van der Waals surface area contributed by atoms with E-state index >= 15 is 0 Å². The zero-order valence-electron chi connectivity index (χ0n) is 17.4. The van der Waals surface area contributed by atoms with E-state index in [0.717, 1.165) is 11.0 Å². The summed E-state index contributed by atoms with van der Waals surface area (Å²) in [5.74, 6) is -2.07. The fraction of sp³-hybridized carbons (Fsp3) is 0. The molecule has 3 aromatic rings. The second-order valence-electron chi connectivity index (χ2n) is 7.07. The largest absolute Gasteiger partial charge is 0.377 e. The molecule has 0 aliphatic carbocycles. The zero-order valence-corrected chi connectivity index (χ0v) is 22.1. The Kier molecular flexibility index (Phi) is 7.13. The number of urea groups is 1. The summed E-state index contributed by atoms with van der Waals surface area (Å²) < 4.78 is 31.8. The van der Waals surface area contributed by atoms with Crippen LogP contribution in [0.25, 0.3) is 6.08 Å². The van der Waals surface area contributed by atoms with Gasteiger partial charge in [-0.1, -0.05) is 57.9 Å². The van der Waals surface area contributed by atoms with Gasteiger partial charge in [-0.2, -0.15) is 8.42 Å². The van der Waals surface area contributed by atoms with Crippen molar-refractivity contribution >= 4 is 83.2 Å². The van der Waals surface area contributed by atoms with E-state index in [4.69, 9.17) is 15.8 Å². The fourth-order valence-corrected chi connectivity index (χ4v) is 5.84. The van der Waals surface area contributed by atoms with E-state index in [1.165, 1.54) is 30.3 Å². The molecule has 4 amide bonds. The van der Waals surface area contributed by atoms with Crippen LogP contribution >= 0.6 is 43.5 Å². The van der Waals surface area contributed by atoms with Gasteiger partial charge in [-0.25, -0.2) is 9.69 Å². The topological polar surface area (TPSA) is 110 Å². The second kappa shape index (κ2) is 9.94. The molecule has 1 N–H and O–H groups in total. The fourth-order valence-electron chi connectivity index (χ4n) is 3.19. The number of hydrogen-bond donors (Lipinski definition) is 1. The molecule has 35 heavy (non-hydrogen) atoms. The molecular weight excluding hydrogens is 628 g/mol. The number of rotatable bonds is 5. The number of anilines is 1. The molecule has 0 aromatic heterocycles. The standard InChI is InChI=1S/C23H13Br2ClN2O6S/c24-14-10-13(20(17(25)12-14)34-35(32,33)15-6-2-1-3-7-15)11-16-21(29)27-23(31)28(22(16)30)19-9-5-4-8-18(19)26/h1-12H,(H,27,29,31)/b16-11+. The smallest absolute Gasteiger partial charge is 0.339 e. The predicted octanol–water partition coefficient (Wildman–Crippen LogP) is 5.30. The van der Waals surface area contributed by atoms with Crippen LogP contribution in [0.3, 0.4) is 0 Å². The second-order valence-corrected chi connectivity index (χ2v) is 10.8. The summed E-state index contributed by atoms with van der Waals surface area (Å²) in [5, 5.41) is 2.21. The van der Waals surface area contributed by atoms with Crippen molar-refractivity contribution in [3.63, 3.8) is 0 Å². The van der Waals surface area contributed by atoms with Crippen LogP contribution in [0.1, 0.15) is 5.56 Å².